The van der Waals surface area contributed by atoms with Crippen LogP contribution in [0.4, 0.5) is 0 Å². The van der Waals surface area contributed by atoms with Crippen molar-refractivity contribution in [2.45, 2.75) is 26.5 Å². The summed E-state index contributed by atoms with van der Waals surface area (Å²) in [5, 5.41) is 17.6. The monoisotopic (exact) mass is 255 g/mol. The van der Waals surface area contributed by atoms with Crippen molar-refractivity contribution in [2.24, 2.45) is 5.92 Å². The number of rotatable bonds is 3. The summed E-state index contributed by atoms with van der Waals surface area (Å²) in [5.41, 5.74) is 1.74. The van der Waals surface area contributed by atoms with Crippen LogP contribution in [-0.2, 0) is 6.54 Å². The predicted octanol–water partition coefficient (Wildman–Crippen LogP) is 1.69. The summed E-state index contributed by atoms with van der Waals surface area (Å²) < 4.78 is 1.74. The molecular formula is C15H17N3O. The lowest BCUT2D eigenvalue weighted by Gasteiger charge is -2.04. The first kappa shape index (κ1) is 13.3. The van der Waals surface area contributed by atoms with Crippen LogP contribution in [0.1, 0.15) is 25.1 Å². The fraction of sp³-hybridized carbons (Fsp3) is 0.333. The molecule has 1 N–H and O–H groups in total. The second-order valence-electron chi connectivity index (χ2n) is 4.75. The molecule has 0 aliphatic heterocycles. The molecule has 2 aromatic rings. The number of hydrogen-bond donors (Lipinski definition) is 1. The van der Waals surface area contributed by atoms with Crippen LogP contribution in [0.3, 0.4) is 0 Å². The molecule has 0 unspecified atom stereocenters. The topological polar surface area (TPSA) is 50.9 Å². The van der Waals surface area contributed by atoms with E-state index in [0.717, 1.165) is 5.56 Å². The maximum atomic E-state index is 9.60. The average molecular weight is 255 g/mol. The van der Waals surface area contributed by atoms with Gasteiger partial charge in [0.25, 0.3) is 0 Å². The van der Waals surface area contributed by atoms with Crippen molar-refractivity contribution in [3.8, 4) is 11.8 Å². The molecule has 0 saturated carbocycles. The number of benzene rings is 1. The highest BCUT2D eigenvalue weighted by molar-refractivity contribution is 5.26. The fourth-order valence-corrected chi connectivity index (χ4v) is 1.52. The standard InChI is InChI=1S/C15H17N3O/c1-12(2)15(19)9-8-14-11-18(17-16-14)10-13-6-4-3-5-7-13/h3-7,11-12,15,19H,10H2,1-2H3/t15-/m1/s1. The molecule has 0 spiro atoms. The highest BCUT2D eigenvalue weighted by Crippen LogP contribution is 2.02. The van der Waals surface area contributed by atoms with Gasteiger partial charge in [0.05, 0.1) is 12.7 Å². The smallest absolute Gasteiger partial charge is 0.155 e. The quantitative estimate of drug-likeness (QED) is 0.849. The molecule has 0 bridgehead atoms. The zero-order chi connectivity index (χ0) is 13.7. The number of hydrogen-bond acceptors (Lipinski definition) is 3. The molecule has 0 saturated heterocycles. The molecule has 1 heterocycles. The summed E-state index contributed by atoms with van der Waals surface area (Å²) >= 11 is 0. The minimum Gasteiger partial charge on any atom is -0.380 e. The number of aromatic nitrogens is 3. The highest BCUT2D eigenvalue weighted by atomic mass is 16.3. The number of aliphatic hydroxyl groups excluding tert-OH is 1. The Bertz CT molecular complexity index is 578. The molecule has 4 heteroatoms. The Labute approximate surface area is 113 Å². The summed E-state index contributed by atoms with van der Waals surface area (Å²) in [7, 11) is 0. The van der Waals surface area contributed by atoms with Crippen molar-refractivity contribution in [1.29, 1.82) is 0 Å². The molecule has 0 aliphatic carbocycles. The van der Waals surface area contributed by atoms with Crippen molar-refractivity contribution in [3.63, 3.8) is 0 Å². The Kier molecular flexibility index (Phi) is 4.32. The number of nitrogens with zero attached hydrogens (tertiary/aromatic N) is 3. The molecule has 98 valence electrons. The van der Waals surface area contributed by atoms with Crippen LogP contribution >= 0.6 is 0 Å². The summed E-state index contributed by atoms with van der Waals surface area (Å²) in [6.45, 7) is 4.51. The van der Waals surface area contributed by atoms with Crippen molar-refractivity contribution in [3.05, 3.63) is 47.8 Å². The SMILES string of the molecule is CC(C)[C@H](O)C#Cc1cn(Cc2ccccc2)nn1. The van der Waals surface area contributed by atoms with Crippen molar-refractivity contribution in [2.75, 3.05) is 0 Å². The highest BCUT2D eigenvalue weighted by Gasteiger charge is 2.04. The third-order valence-corrected chi connectivity index (χ3v) is 2.71. The summed E-state index contributed by atoms with van der Waals surface area (Å²) in [6.07, 6.45) is 1.16. The van der Waals surface area contributed by atoms with Gasteiger partial charge in [0.15, 0.2) is 5.69 Å². The van der Waals surface area contributed by atoms with E-state index in [4.69, 9.17) is 0 Å². The molecule has 0 radical (unpaired) electrons. The molecule has 2 rings (SSSR count). The van der Waals surface area contributed by atoms with Crippen molar-refractivity contribution >= 4 is 0 Å². The van der Waals surface area contributed by atoms with E-state index in [0.29, 0.717) is 12.2 Å². The van der Waals surface area contributed by atoms with Crippen LogP contribution in [-0.4, -0.2) is 26.2 Å². The van der Waals surface area contributed by atoms with E-state index < -0.39 is 6.10 Å². The van der Waals surface area contributed by atoms with Gasteiger partial charge in [0, 0.05) is 0 Å². The Morgan fingerprint density at radius 1 is 1.26 bits per heavy atom. The van der Waals surface area contributed by atoms with Gasteiger partial charge in [-0.2, -0.15) is 0 Å². The zero-order valence-corrected chi connectivity index (χ0v) is 11.1. The molecule has 0 aliphatic rings. The van der Waals surface area contributed by atoms with Gasteiger partial charge in [-0.1, -0.05) is 55.3 Å². The van der Waals surface area contributed by atoms with Crippen molar-refractivity contribution < 1.29 is 5.11 Å². The summed E-state index contributed by atoms with van der Waals surface area (Å²) in [5.74, 6) is 5.72. The van der Waals surface area contributed by atoms with Gasteiger partial charge in [-0.25, -0.2) is 4.68 Å². The Hall–Kier alpha value is -2.12. The molecule has 1 atom stereocenters. The van der Waals surface area contributed by atoms with Crippen LogP contribution in [0.2, 0.25) is 0 Å². The lowest BCUT2D eigenvalue weighted by molar-refractivity contribution is 0.181. The Morgan fingerprint density at radius 3 is 2.68 bits per heavy atom. The Balaban J connectivity index is 2.03. The number of aliphatic hydroxyl groups is 1. The first-order valence-corrected chi connectivity index (χ1v) is 6.29. The summed E-state index contributed by atoms with van der Waals surface area (Å²) in [6, 6.07) is 10.0. The minimum atomic E-state index is -0.626. The molecule has 4 nitrogen and oxygen atoms in total. The molecule has 0 fully saturated rings. The molecule has 1 aromatic carbocycles. The lowest BCUT2D eigenvalue weighted by atomic mass is 10.1. The predicted molar refractivity (Wildman–Crippen MR) is 73.3 cm³/mol. The van der Waals surface area contributed by atoms with E-state index in [1.54, 1.807) is 10.9 Å². The normalized spacial score (nSPS) is 12.0. The van der Waals surface area contributed by atoms with Gasteiger partial charge < -0.3 is 5.11 Å². The maximum absolute atomic E-state index is 9.60. The van der Waals surface area contributed by atoms with Gasteiger partial charge in [-0.05, 0) is 17.4 Å². The van der Waals surface area contributed by atoms with Crippen LogP contribution in [0.15, 0.2) is 36.5 Å². The largest absolute Gasteiger partial charge is 0.380 e. The van der Waals surface area contributed by atoms with E-state index in [2.05, 4.69) is 22.2 Å². The van der Waals surface area contributed by atoms with Crippen LogP contribution in [0.5, 0.6) is 0 Å². The van der Waals surface area contributed by atoms with E-state index >= 15 is 0 Å². The maximum Gasteiger partial charge on any atom is 0.155 e. The second-order valence-corrected chi connectivity index (χ2v) is 4.75. The third kappa shape index (κ3) is 3.94. The second kappa shape index (κ2) is 6.17. The fourth-order valence-electron chi connectivity index (χ4n) is 1.52. The van der Waals surface area contributed by atoms with Gasteiger partial charge in [0.2, 0.25) is 0 Å². The zero-order valence-electron chi connectivity index (χ0n) is 11.1. The van der Waals surface area contributed by atoms with E-state index in [1.807, 2.05) is 44.2 Å². The van der Waals surface area contributed by atoms with Gasteiger partial charge in [0.1, 0.15) is 6.10 Å². The van der Waals surface area contributed by atoms with E-state index in [-0.39, 0.29) is 5.92 Å². The van der Waals surface area contributed by atoms with E-state index in [1.165, 1.54) is 0 Å². The Morgan fingerprint density at radius 2 is 2.00 bits per heavy atom. The first-order valence-electron chi connectivity index (χ1n) is 6.29. The first-order chi connectivity index (χ1) is 9.15. The van der Waals surface area contributed by atoms with Gasteiger partial charge >= 0.3 is 0 Å². The molecular weight excluding hydrogens is 238 g/mol. The average Bonchev–Trinajstić information content (AvgIpc) is 2.84. The van der Waals surface area contributed by atoms with Gasteiger partial charge in [-0.3, -0.25) is 0 Å². The molecule has 1 aromatic heterocycles. The lowest BCUT2D eigenvalue weighted by Crippen LogP contribution is -2.11. The minimum absolute atomic E-state index is 0.117. The van der Waals surface area contributed by atoms with Gasteiger partial charge in [-0.15, -0.1) is 5.10 Å². The van der Waals surface area contributed by atoms with Crippen molar-refractivity contribution in [1.82, 2.24) is 15.0 Å². The van der Waals surface area contributed by atoms with Crippen LogP contribution in [0.25, 0.3) is 0 Å². The van der Waals surface area contributed by atoms with Crippen LogP contribution in [0, 0.1) is 17.8 Å². The van der Waals surface area contributed by atoms with E-state index in [9.17, 15) is 5.11 Å². The molecule has 0 amide bonds. The summed E-state index contributed by atoms with van der Waals surface area (Å²) in [4.78, 5) is 0. The van der Waals surface area contributed by atoms with Crippen LogP contribution < -0.4 is 0 Å². The molecule has 19 heavy (non-hydrogen) atoms. The third-order valence-electron chi connectivity index (χ3n) is 2.71.